The minimum absolute atomic E-state index is 0.130. The lowest BCUT2D eigenvalue weighted by Gasteiger charge is -2.25. The fourth-order valence-corrected chi connectivity index (χ4v) is 1.09. The van der Waals surface area contributed by atoms with Crippen LogP contribution in [0.1, 0.15) is 13.8 Å². The van der Waals surface area contributed by atoms with Crippen LogP contribution in [0.5, 0.6) is 0 Å². The molecule has 6 heteroatoms. The third-order valence-corrected chi connectivity index (χ3v) is 2.07. The first-order chi connectivity index (χ1) is 7.40. The van der Waals surface area contributed by atoms with Gasteiger partial charge in [0.05, 0.1) is 13.2 Å². The molecule has 0 heterocycles. The Morgan fingerprint density at radius 3 is 1.81 bits per heavy atom. The summed E-state index contributed by atoms with van der Waals surface area (Å²) in [6.07, 6.45) is -5.92. The fraction of sp³-hybridized carbons (Fsp3) is 1.00. The second kappa shape index (κ2) is 7.94. The Morgan fingerprint density at radius 1 is 0.875 bits per heavy atom. The molecule has 0 saturated carbocycles. The Morgan fingerprint density at radius 2 is 1.38 bits per heavy atom. The van der Waals surface area contributed by atoms with Gasteiger partial charge in [-0.3, -0.25) is 0 Å². The van der Waals surface area contributed by atoms with Crippen molar-refractivity contribution in [1.82, 2.24) is 0 Å². The van der Waals surface area contributed by atoms with Crippen molar-refractivity contribution in [2.75, 3.05) is 19.8 Å². The first kappa shape index (κ1) is 15.8. The van der Waals surface area contributed by atoms with E-state index in [1.165, 1.54) is 0 Å². The molecule has 0 aromatic rings. The Kier molecular flexibility index (Phi) is 7.82. The lowest BCUT2D eigenvalue weighted by Crippen LogP contribution is -2.47. The molecule has 6 nitrogen and oxygen atoms in total. The minimum Gasteiger partial charge on any atom is -0.394 e. The summed E-state index contributed by atoms with van der Waals surface area (Å²) in [5.41, 5.74) is 0. The Hall–Kier alpha value is -0.240. The standard InChI is InChI=1S/C10H22O6/c1-6(2)4-16-5-8(13)10(15)9(14)7(12)3-11/h6-15H,3-5H2,1-2H3. The van der Waals surface area contributed by atoms with Crippen molar-refractivity contribution in [3.05, 3.63) is 0 Å². The van der Waals surface area contributed by atoms with E-state index in [4.69, 9.17) is 14.9 Å². The molecule has 0 rings (SSSR count). The van der Waals surface area contributed by atoms with Gasteiger partial charge in [-0.15, -0.1) is 0 Å². The van der Waals surface area contributed by atoms with Crippen LogP contribution in [0.3, 0.4) is 0 Å². The third kappa shape index (κ3) is 5.74. The summed E-state index contributed by atoms with van der Waals surface area (Å²) < 4.78 is 5.08. The van der Waals surface area contributed by atoms with Crippen molar-refractivity contribution < 1.29 is 30.3 Å². The molecule has 0 radical (unpaired) electrons. The summed E-state index contributed by atoms with van der Waals surface area (Å²) in [4.78, 5) is 0. The van der Waals surface area contributed by atoms with Gasteiger partial charge in [-0.2, -0.15) is 0 Å². The van der Waals surface area contributed by atoms with Crippen LogP contribution in [0.15, 0.2) is 0 Å². The van der Waals surface area contributed by atoms with Crippen molar-refractivity contribution in [2.24, 2.45) is 5.92 Å². The number of aliphatic hydroxyl groups excluding tert-OH is 5. The highest BCUT2D eigenvalue weighted by Crippen LogP contribution is 2.06. The number of aliphatic hydroxyl groups is 5. The second-order valence-corrected chi connectivity index (χ2v) is 4.23. The van der Waals surface area contributed by atoms with Crippen LogP contribution in [-0.4, -0.2) is 69.8 Å². The summed E-state index contributed by atoms with van der Waals surface area (Å²) in [6.45, 7) is 3.50. The fourth-order valence-electron chi connectivity index (χ4n) is 1.09. The highest BCUT2D eigenvalue weighted by molar-refractivity contribution is 4.80. The van der Waals surface area contributed by atoms with Gasteiger partial charge in [0.2, 0.25) is 0 Å². The molecule has 5 N–H and O–H groups in total. The van der Waals surface area contributed by atoms with Gasteiger partial charge in [0, 0.05) is 6.61 Å². The molecule has 0 aliphatic rings. The molecule has 4 atom stereocenters. The summed E-state index contributed by atoms with van der Waals surface area (Å²) >= 11 is 0. The van der Waals surface area contributed by atoms with Gasteiger partial charge in [-0.05, 0) is 5.92 Å². The van der Waals surface area contributed by atoms with Gasteiger partial charge >= 0.3 is 0 Å². The Balaban J connectivity index is 3.92. The lowest BCUT2D eigenvalue weighted by atomic mass is 10.0. The molecule has 16 heavy (non-hydrogen) atoms. The number of ether oxygens (including phenoxy) is 1. The van der Waals surface area contributed by atoms with Crippen molar-refractivity contribution in [3.8, 4) is 0 Å². The normalized spacial score (nSPS) is 19.5. The zero-order valence-electron chi connectivity index (χ0n) is 9.65. The van der Waals surface area contributed by atoms with Crippen LogP contribution in [0, 0.1) is 5.92 Å². The topological polar surface area (TPSA) is 110 Å². The van der Waals surface area contributed by atoms with Gasteiger partial charge in [-0.1, -0.05) is 13.8 Å². The zero-order valence-corrected chi connectivity index (χ0v) is 9.65. The average molecular weight is 238 g/mol. The van der Waals surface area contributed by atoms with E-state index in [9.17, 15) is 15.3 Å². The molecule has 0 aromatic heterocycles. The van der Waals surface area contributed by atoms with Gasteiger partial charge in [0.1, 0.15) is 24.4 Å². The highest BCUT2D eigenvalue weighted by atomic mass is 16.5. The summed E-state index contributed by atoms with van der Waals surface area (Å²) in [5.74, 6) is 0.303. The molecule has 4 unspecified atom stereocenters. The Labute approximate surface area is 95.1 Å². The van der Waals surface area contributed by atoms with Crippen LogP contribution in [0.2, 0.25) is 0 Å². The lowest BCUT2D eigenvalue weighted by molar-refractivity contribution is -0.130. The van der Waals surface area contributed by atoms with E-state index < -0.39 is 31.0 Å². The quantitative estimate of drug-likeness (QED) is 0.338. The third-order valence-electron chi connectivity index (χ3n) is 2.07. The molecule has 98 valence electrons. The predicted molar refractivity (Wildman–Crippen MR) is 56.8 cm³/mol. The summed E-state index contributed by atoms with van der Waals surface area (Å²) in [5, 5.41) is 45.7. The van der Waals surface area contributed by atoms with Crippen molar-refractivity contribution in [3.63, 3.8) is 0 Å². The number of hydrogen-bond donors (Lipinski definition) is 5. The van der Waals surface area contributed by atoms with Crippen LogP contribution in [-0.2, 0) is 4.74 Å². The van der Waals surface area contributed by atoms with Crippen molar-refractivity contribution in [1.29, 1.82) is 0 Å². The zero-order chi connectivity index (χ0) is 12.7. The monoisotopic (exact) mass is 238 g/mol. The van der Waals surface area contributed by atoms with Crippen LogP contribution in [0.4, 0.5) is 0 Å². The van der Waals surface area contributed by atoms with Crippen LogP contribution < -0.4 is 0 Å². The SMILES string of the molecule is CC(C)COCC(O)C(O)C(O)C(O)CO. The van der Waals surface area contributed by atoms with E-state index >= 15 is 0 Å². The highest BCUT2D eigenvalue weighted by Gasteiger charge is 2.29. The molecular weight excluding hydrogens is 216 g/mol. The number of hydrogen-bond acceptors (Lipinski definition) is 6. The average Bonchev–Trinajstić information content (AvgIpc) is 2.25. The predicted octanol–water partition coefficient (Wildman–Crippen LogP) is -1.91. The van der Waals surface area contributed by atoms with E-state index in [1.54, 1.807) is 0 Å². The molecule has 0 bridgehead atoms. The minimum atomic E-state index is -1.59. The van der Waals surface area contributed by atoms with E-state index in [0.717, 1.165) is 0 Å². The smallest absolute Gasteiger partial charge is 0.111 e. The van der Waals surface area contributed by atoms with Crippen molar-refractivity contribution >= 4 is 0 Å². The maximum absolute atomic E-state index is 9.42. The first-order valence-corrected chi connectivity index (χ1v) is 5.31. The van der Waals surface area contributed by atoms with E-state index in [-0.39, 0.29) is 6.61 Å². The number of rotatable bonds is 8. The molecule has 0 fully saturated rings. The van der Waals surface area contributed by atoms with Gasteiger partial charge in [-0.25, -0.2) is 0 Å². The summed E-state index contributed by atoms with van der Waals surface area (Å²) in [6, 6.07) is 0. The van der Waals surface area contributed by atoms with Gasteiger partial charge < -0.3 is 30.3 Å². The summed E-state index contributed by atoms with van der Waals surface area (Å²) in [7, 11) is 0. The maximum atomic E-state index is 9.42. The van der Waals surface area contributed by atoms with E-state index in [1.807, 2.05) is 13.8 Å². The maximum Gasteiger partial charge on any atom is 0.111 e. The second-order valence-electron chi connectivity index (χ2n) is 4.23. The molecule has 0 amide bonds. The van der Waals surface area contributed by atoms with E-state index in [2.05, 4.69) is 0 Å². The van der Waals surface area contributed by atoms with Gasteiger partial charge in [0.15, 0.2) is 0 Å². The molecule has 0 aliphatic carbocycles. The molecular formula is C10H22O6. The molecule has 0 aliphatic heterocycles. The van der Waals surface area contributed by atoms with Crippen molar-refractivity contribution in [2.45, 2.75) is 38.3 Å². The largest absolute Gasteiger partial charge is 0.394 e. The van der Waals surface area contributed by atoms with Crippen LogP contribution in [0.25, 0.3) is 0 Å². The molecule has 0 aromatic carbocycles. The molecule has 0 saturated heterocycles. The van der Waals surface area contributed by atoms with Gasteiger partial charge in [0.25, 0.3) is 0 Å². The van der Waals surface area contributed by atoms with E-state index in [0.29, 0.717) is 12.5 Å². The first-order valence-electron chi connectivity index (χ1n) is 5.31. The van der Waals surface area contributed by atoms with Crippen LogP contribution >= 0.6 is 0 Å². The Bertz CT molecular complexity index is 175. The molecule has 0 spiro atoms.